The van der Waals surface area contributed by atoms with Gasteiger partial charge >= 0.3 is 0 Å². The molecule has 1 N–H and O–H groups in total. The molecule has 0 bridgehead atoms. The SMILES string of the molecule is COc1ccc(CCNC(=O)c2cc3ccoc3n2Cc2ccccc2C)cc1OC. The van der Waals surface area contributed by atoms with Crippen LogP contribution in [-0.4, -0.2) is 31.2 Å². The molecule has 0 aliphatic carbocycles. The lowest BCUT2D eigenvalue weighted by Crippen LogP contribution is -2.28. The largest absolute Gasteiger partial charge is 0.493 e. The number of amides is 1. The summed E-state index contributed by atoms with van der Waals surface area (Å²) >= 11 is 0. The predicted molar refractivity (Wildman–Crippen MR) is 120 cm³/mol. The summed E-state index contributed by atoms with van der Waals surface area (Å²) in [6.45, 7) is 3.15. The molecule has 0 unspecified atom stereocenters. The second-order valence-corrected chi connectivity index (χ2v) is 7.42. The third-order valence-electron chi connectivity index (χ3n) is 5.47. The van der Waals surface area contributed by atoms with Crippen LogP contribution in [0.25, 0.3) is 11.1 Å². The van der Waals surface area contributed by atoms with E-state index in [4.69, 9.17) is 13.9 Å². The minimum absolute atomic E-state index is 0.125. The highest BCUT2D eigenvalue weighted by molar-refractivity contribution is 5.97. The Balaban J connectivity index is 1.49. The van der Waals surface area contributed by atoms with Crippen LogP contribution >= 0.6 is 0 Å². The van der Waals surface area contributed by atoms with Gasteiger partial charge in [-0.25, -0.2) is 0 Å². The summed E-state index contributed by atoms with van der Waals surface area (Å²) < 4.78 is 18.2. The van der Waals surface area contributed by atoms with Gasteiger partial charge in [0.15, 0.2) is 11.5 Å². The van der Waals surface area contributed by atoms with Gasteiger partial charge in [0.2, 0.25) is 5.71 Å². The van der Waals surface area contributed by atoms with Crippen LogP contribution in [0.5, 0.6) is 11.5 Å². The molecule has 0 atom stereocenters. The van der Waals surface area contributed by atoms with Gasteiger partial charge in [0.25, 0.3) is 5.91 Å². The predicted octanol–water partition coefficient (Wildman–Crippen LogP) is 4.58. The number of hydrogen-bond acceptors (Lipinski definition) is 4. The standard InChI is InChI=1S/C25H26N2O4/c1-17-6-4-5-7-20(17)16-27-21(15-19-11-13-31-25(19)27)24(28)26-12-10-18-8-9-22(29-2)23(14-18)30-3/h4-9,11,13-15H,10,12,16H2,1-3H3,(H,26,28). The van der Waals surface area contributed by atoms with Gasteiger partial charge in [-0.05, 0) is 54.3 Å². The van der Waals surface area contributed by atoms with E-state index in [2.05, 4.69) is 24.4 Å². The summed E-state index contributed by atoms with van der Waals surface area (Å²) in [5, 5.41) is 3.95. The first kappa shape index (κ1) is 20.6. The molecular formula is C25H26N2O4. The van der Waals surface area contributed by atoms with Crippen molar-refractivity contribution in [2.24, 2.45) is 0 Å². The molecule has 1 amide bonds. The first-order valence-electron chi connectivity index (χ1n) is 10.2. The molecule has 4 rings (SSSR count). The average Bonchev–Trinajstić information content (AvgIpc) is 3.37. The van der Waals surface area contributed by atoms with Crippen molar-refractivity contribution in [1.29, 1.82) is 0 Å². The monoisotopic (exact) mass is 418 g/mol. The van der Waals surface area contributed by atoms with Crippen LogP contribution in [0.2, 0.25) is 0 Å². The maximum Gasteiger partial charge on any atom is 0.268 e. The third-order valence-corrected chi connectivity index (χ3v) is 5.47. The van der Waals surface area contributed by atoms with E-state index < -0.39 is 0 Å². The van der Waals surface area contributed by atoms with Gasteiger partial charge in [-0.1, -0.05) is 30.3 Å². The van der Waals surface area contributed by atoms with E-state index in [0.29, 0.717) is 42.4 Å². The van der Waals surface area contributed by atoms with Gasteiger partial charge in [0.05, 0.1) is 27.0 Å². The van der Waals surface area contributed by atoms with Crippen molar-refractivity contribution in [2.45, 2.75) is 19.9 Å². The molecule has 2 heterocycles. The fourth-order valence-electron chi connectivity index (χ4n) is 3.73. The molecule has 0 radical (unpaired) electrons. The molecule has 2 aromatic heterocycles. The summed E-state index contributed by atoms with van der Waals surface area (Å²) in [6, 6.07) is 17.7. The molecule has 6 heteroatoms. The van der Waals surface area contributed by atoms with E-state index in [-0.39, 0.29) is 5.91 Å². The van der Waals surface area contributed by atoms with Crippen LogP contribution in [0.15, 0.2) is 65.3 Å². The maximum atomic E-state index is 13.0. The fraction of sp³-hybridized carbons (Fsp3) is 0.240. The molecule has 2 aromatic carbocycles. The van der Waals surface area contributed by atoms with Crippen molar-refractivity contribution in [2.75, 3.05) is 20.8 Å². The Hall–Kier alpha value is -3.67. The van der Waals surface area contributed by atoms with Crippen molar-refractivity contribution in [3.8, 4) is 11.5 Å². The second kappa shape index (κ2) is 9.00. The lowest BCUT2D eigenvalue weighted by Gasteiger charge is -2.12. The van der Waals surface area contributed by atoms with E-state index in [9.17, 15) is 4.79 Å². The second-order valence-electron chi connectivity index (χ2n) is 7.42. The number of carbonyl (C=O) groups is 1. The number of hydrogen-bond donors (Lipinski definition) is 1. The van der Waals surface area contributed by atoms with E-state index in [1.807, 2.05) is 47.0 Å². The Kier molecular flexibility index (Phi) is 5.98. The molecule has 0 aliphatic heterocycles. The van der Waals surface area contributed by atoms with Crippen molar-refractivity contribution in [1.82, 2.24) is 9.88 Å². The van der Waals surface area contributed by atoms with Crippen LogP contribution in [0.1, 0.15) is 27.2 Å². The number of methoxy groups -OCH3 is 2. The average molecular weight is 418 g/mol. The Labute approximate surface area is 181 Å². The van der Waals surface area contributed by atoms with Gasteiger partial charge in [0.1, 0.15) is 5.69 Å². The number of aromatic nitrogens is 1. The minimum atomic E-state index is -0.125. The third kappa shape index (κ3) is 4.28. The zero-order valence-corrected chi connectivity index (χ0v) is 18.0. The van der Waals surface area contributed by atoms with E-state index in [1.54, 1.807) is 20.5 Å². The molecule has 0 spiro atoms. The lowest BCUT2D eigenvalue weighted by atomic mass is 10.1. The smallest absolute Gasteiger partial charge is 0.268 e. The maximum absolute atomic E-state index is 13.0. The normalized spacial score (nSPS) is 10.9. The summed E-state index contributed by atoms with van der Waals surface area (Å²) in [7, 11) is 3.22. The highest BCUT2D eigenvalue weighted by Crippen LogP contribution is 2.27. The molecule has 31 heavy (non-hydrogen) atoms. The number of furan rings is 1. The molecule has 0 saturated carbocycles. The van der Waals surface area contributed by atoms with Crippen molar-refractivity contribution in [3.05, 3.63) is 83.2 Å². The highest BCUT2D eigenvalue weighted by atomic mass is 16.5. The lowest BCUT2D eigenvalue weighted by molar-refractivity contribution is 0.0945. The Morgan fingerprint density at radius 3 is 2.61 bits per heavy atom. The summed E-state index contributed by atoms with van der Waals surface area (Å²) in [6.07, 6.45) is 2.33. The zero-order chi connectivity index (χ0) is 21.8. The summed E-state index contributed by atoms with van der Waals surface area (Å²) in [5.41, 5.74) is 4.67. The first-order valence-corrected chi connectivity index (χ1v) is 10.2. The van der Waals surface area contributed by atoms with Gasteiger partial charge in [-0.15, -0.1) is 0 Å². The Bertz CT molecular complexity index is 1210. The van der Waals surface area contributed by atoms with Gasteiger partial charge in [0, 0.05) is 11.9 Å². The minimum Gasteiger partial charge on any atom is -0.493 e. The molecule has 160 valence electrons. The van der Waals surface area contributed by atoms with Crippen LogP contribution in [0, 0.1) is 6.92 Å². The molecular weight excluding hydrogens is 392 g/mol. The number of ether oxygens (including phenoxy) is 2. The molecule has 4 aromatic rings. The van der Waals surface area contributed by atoms with Gasteiger partial charge in [-0.2, -0.15) is 0 Å². The van der Waals surface area contributed by atoms with Gasteiger partial charge < -0.3 is 23.8 Å². The van der Waals surface area contributed by atoms with E-state index in [1.165, 1.54) is 5.56 Å². The number of nitrogens with zero attached hydrogens (tertiary/aromatic N) is 1. The summed E-state index contributed by atoms with van der Waals surface area (Å²) in [5.74, 6) is 1.24. The van der Waals surface area contributed by atoms with Gasteiger partial charge in [-0.3, -0.25) is 4.79 Å². The number of rotatable bonds is 8. The molecule has 6 nitrogen and oxygen atoms in total. The number of benzene rings is 2. The van der Waals surface area contributed by atoms with Crippen LogP contribution in [0.4, 0.5) is 0 Å². The highest BCUT2D eigenvalue weighted by Gasteiger charge is 2.18. The van der Waals surface area contributed by atoms with E-state index in [0.717, 1.165) is 16.5 Å². The van der Waals surface area contributed by atoms with Crippen LogP contribution < -0.4 is 14.8 Å². The van der Waals surface area contributed by atoms with Crippen LogP contribution in [0.3, 0.4) is 0 Å². The molecule has 0 saturated heterocycles. The van der Waals surface area contributed by atoms with Crippen LogP contribution in [-0.2, 0) is 13.0 Å². The zero-order valence-electron chi connectivity index (χ0n) is 18.0. The number of carbonyl (C=O) groups excluding carboxylic acids is 1. The fourth-order valence-corrected chi connectivity index (χ4v) is 3.73. The number of nitrogens with one attached hydrogen (secondary N) is 1. The Morgan fingerprint density at radius 1 is 1.03 bits per heavy atom. The van der Waals surface area contributed by atoms with E-state index >= 15 is 0 Å². The number of aryl methyl sites for hydroxylation is 1. The summed E-state index contributed by atoms with van der Waals surface area (Å²) in [4.78, 5) is 13.0. The molecule has 0 fully saturated rings. The van der Waals surface area contributed by atoms with Crippen molar-refractivity contribution >= 4 is 17.0 Å². The topological polar surface area (TPSA) is 65.6 Å². The van der Waals surface area contributed by atoms with Crippen molar-refractivity contribution < 1.29 is 18.7 Å². The Morgan fingerprint density at radius 2 is 1.84 bits per heavy atom. The number of fused-ring (bicyclic) bond motifs is 1. The van der Waals surface area contributed by atoms with Crippen molar-refractivity contribution in [3.63, 3.8) is 0 Å². The first-order chi connectivity index (χ1) is 15.1. The quantitative estimate of drug-likeness (QED) is 0.455. The molecule has 0 aliphatic rings.